The smallest absolute Gasteiger partial charge is 0.272 e. The van der Waals surface area contributed by atoms with Gasteiger partial charge in [0, 0.05) is 26.2 Å². The molecule has 7 nitrogen and oxygen atoms in total. The molecule has 0 spiro atoms. The fourth-order valence-electron chi connectivity index (χ4n) is 4.56. The average molecular weight is 711 g/mol. The number of nitrogens with one attached hydrogen (secondary N) is 3. The monoisotopic (exact) mass is 709 g/mol. The molecule has 3 amide bonds. The van der Waals surface area contributed by atoms with Gasteiger partial charge in [0.15, 0.2) is 0 Å². The minimum absolute atomic E-state index is 0.000487. The van der Waals surface area contributed by atoms with E-state index < -0.39 is 28.8 Å². The van der Waals surface area contributed by atoms with E-state index in [0.717, 1.165) is 0 Å². The number of carbonyl (C=O) groups is 3. The second kappa shape index (κ2) is 15.9. The maximum absolute atomic E-state index is 14.6. The Hall–Kier alpha value is -5.19. The molecule has 0 bridgehead atoms. The van der Waals surface area contributed by atoms with Crippen molar-refractivity contribution >= 4 is 62.9 Å². The van der Waals surface area contributed by atoms with Crippen LogP contribution in [-0.4, -0.2) is 24.8 Å². The Kier molecular flexibility index (Phi) is 11.2. The summed E-state index contributed by atoms with van der Waals surface area (Å²) in [7, 11) is 1.52. The van der Waals surface area contributed by atoms with Crippen LogP contribution >= 0.6 is 27.7 Å². The average Bonchev–Trinajstić information content (AvgIpc) is 3.09. The minimum Gasteiger partial charge on any atom is -0.496 e. The van der Waals surface area contributed by atoms with Crippen LogP contribution in [0.3, 0.4) is 0 Å². The number of hydrogen-bond acceptors (Lipinski definition) is 5. The Morgan fingerprint density at radius 1 is 0.809 bits per heavy atom. The number of amides is 3. The molecule has 3 N–H and O–H groups in total. The molecule has 0 aliphatic carbocycles. The van der Waals surface area contributed by atoms with E-state index in [9.17, 15) is 18.8 Å². The molecule has 0 radical (unpaired) electrons. The summed E-state index contributed by atoms with van der Waals surface area (Å²) in [5.74, 6) is -1.47. The number of ether oxygens (including phenoxy) is 1. The molecule has 5 rings (SSSR count). The van der Waals surface area contributed by atoms with E-state index in [4.69, 9.17) is 4.74 Å². The summed E-state index contributed by atoms with van der Waals surface area (Å²) >= 11 is 4.48. The zero-order chi connectivity index (χ0) is 33.2. The van der Waals surface area contributed by atoms with Crippen LogP contribution in [0.1, 0.15) is 26.7 Å². The highest BCUT2D eigenvalue weighted by atomic mass is 79.9. The van der Waals surface area contributed by atoms with Crippen LogP contribution in [0.15, 0.2) is 142 Å². The predicted octanol–water partition coefficient (Wildman–Crippen LogP) is 8.48. The van der Waals surface area contributed by atoms with Crippen LogP contribution in [0.5, 0.6) is 5.75 Å². The number of thioether (sulfide) groups is 1. The quantitative estimate of drug-likeness (QED) is 0.0945. The van der Waals surface area contributed by atoms with Crippen molar-refractivity contribution < 1.29 is 23.5 Å². The molecule has 236 valence electrons. The maximum atomic E-state index is 14.6. The first-order valence-electron chi connectivity index (χ1n) is 14.4. The molecule has 0 aliphatic heterocycles. The third-order valence-electron chi connectivity index (χ3n) is 6.84. The molecule has 0 aliphatic rings. The van der Waals surface area contributed by atoms with Gasteiger partial charge in [0.25, 0.3) is 11.8 Å². The van der Waals surface area contributed by atoms with Gasteiger partial charge >= 0.3 is 0 Å². The largest absolute Gasteiger partial charge is 0.496 e. The second-order valence-corrected chi connectivity index (χ2v) is 12.2. The number of hydrogen-bond donors (Lipinski definition) is 3. The number of anilines is 2. The molecule has 1 unspecified atom stereocenters. The third-order valence-corrected chi connectivity index (χ3v) is 8.58. The highest BCUT2D eigenvalue weighted by Gasteiger charge is 2.24. The van der Waals surface area contributed by atoms with Crippen LogP contribution in [0, 0.1) is 5.82 Å². The van der Waals surface area contributed by atoms with Crippen molar-refractivity contribution in [2.75, 3.05) is 17.7 Å². The lowest BCUT2D eigenvalue weighted by Crippen LogP contribution is -2.30. The van der Waals surface area contributed by atoms with Crippen LogP contribution in [0.4, 0.5) is 15.8 Å². The van der Waals surface area contributed by atoms with Crippen molar-refractivity contribution in [1.29, 1.82) is 0 Å². The van der Waals surface area contributed by atoms with Gasteiger partial charge in [-0.25, -0.2) is 4.39 Å². The van der Waals surface area contributed by atoms with Crippen molar-refractivity contribution in [3.8, 4) is 5.75 Å². The van der Waals surface area contributed by atoms with Crippen molar-refractivity contribution in [2.24, 2.45) is 0 Å². The first-order chi connectivity index (χ1) is 22.8. The molecular formula is C37H29BrFN3O4S. The van der Waals surface area contributed by atoms with Crippen LogP contribution in [-0.2, 0) is 9.59 Å². The summed E-state index contributed by atoms with van der Waals surface area (Å²) in [6, 6.07) is 36.3. The van der Waals surface area contributed by atoms with Crippen LogP contribution in [0.2, 0.25) is 0 Å². The standard InChI is InChI=1S/C37H29BrFN3O4S/c1-46-33-18-9-8-15-26(33)21-32(42-35(43)25-13-6-3-7-14-25)36(44)40-28-16-10-17-29(23-28)47-34(24-11-4-2-5-12-24)37(45)41-31-20-19-27(38)22-30(31)39/h2-23,34H,1H3,(H,40,44)(H,41,45)(H,42,43)/b32-21+. The van der Waals surface area contributed by atoms with E-state index in [1.165, 1.54) is 31.0 Å². The zero-order valence-corrected chi connectivity index (χ0v) is 27.5. The van der Waals surface area contributed by atoms with Crippen molar-refractivity contribution in [3.05, 3.63) is 160 Å². The zero-order valence-electron chi connectivity index (χ0n) is 25.1. The highest BCUT2D eigenvalue weighted by Crippen LogP contribution is 2.37. The molecule has 0 heterocycles. The number of halogens is 2. The molecule has 10 heteroatoms. The Morgan fingerprint density at radius 2 is 1.51 bits per heavy atom. The summed E-state index contributed by atoms with van der Waals surface area (Å²) < 4.78 is 20.6. The lowest BCUT2D eigenvalue weighted by molar-refractivity contribution is -0.116. The lowest BCUT2D eigenvalue weighted by atomic mass is 10.1. The van der Waals surface area contributed by atoms with E-state index in [1.54, 1.807) is 84.9 Å². The molecule has 0 saturated carbocycles. The molecule has 5 aromatic rings. The van der Waals surface area contributed by atoms with Gasteiger partial charge in [-0.3, -0.25) is 14.4 Å². The summed E-state index contributed by atoms with van der Waals surface area (Å²) in [6.07, 6.45) is 1.55. The Labute approximate surface area is 284 Å². The number of benzene rings is 5. The third kappa shape index (κ3) is 8.96. The fraction of sp³-hybridized carbons (Fsp3) is 0.0541. The summed E-state index contributed by atoms with van der Waals surface area (Å²) in [4.78, 5) is 40.9. The maximum Gasteiger partial charge on any atom is 0.272 e. The number of methoxy groups -OCH3 is 1. The van der Waals surface area contributed by atoms with Gasteiger partial charge in [-0.05, 0) is 66.2 Å². The Bertz CT molecular complexity index is 1920. The minimum atomic E-state index is -0.739. The van der Waals surface area contributed by atoms with Crippen LogP contribution < -0.4 is 20.7 Å². The normalized spacial score (nSPS) is 11.7. The Balaban J connectivity index is 1.39. The van der Waals surface area contributed by atoms with Crippen molar-refractivity contribution in [3.63, 3.8) is 0 Å². The second-order valence-electron chi connectivity index (χ2n) is 10.1. The number of carbonyl (C=O) groups excluding carboxylic acids is 3. The summed E-state index contributed by atoms with van der Waals surface area (Å²) in [6.45, 7) is 0. The van der Waals surface area contributed by atoms with Gasteiger partial charge in [-0.15, -0.1) is 11.8 Å². The lowest BCUT2D eigenvalue weighted by Gasteiger charge is -2.18. The van der Waals surface area contributed by atoms with Gasteiger partial charge in [-0.1, -0.05) is 88.7 Å². The van der Waals surface area contributed by atoms with Gasteiger partial charge in [-0.2, -0.15) is 0 Å². The molecule has 0 aromatic heterocycles. The first-order valence-corrected chi connectivity index (χ1v) is 16.1. The van der Waals surface area contributed by atoms with E-state index in [1.807, 2.05) is 36.4 Å². The van der Waals surface area contributed by atoms with Gasteiger partial charge < -0.3 is 20.7 Å². The predicted molar refractivity (Wildman–Crippen MR) is 188 cm³/mol. The van der Waals surface area contributed by atoms with E-state index in [-0.39, 0.29) is 11.4 Å². The van der Waals surface area contributed by atoms with Crippen LogP contribution in [0.25, 0.3) is 6.08 Å². The van der Waals surface area contributed by atoms with Crippen molar-refractivity contribution in [2.45, 2.75) is 10.1 Å². The molecular weight excluding hydrogens is 681 g/mol. The summed E-state index contributed by atoms with van der Waals surface area (Å²) in [5.41, 5.74) is 2.19. The number of rotatable bonds is 11. The van der Waals surface area contributed by atoms with Crippen molar-refractivity contribution in [1.82, 2.24) is 5.32 Å². The molecule has 0 saturated heterocycles. The number of para-hydroxylation sites is 1. The van der Waals surface area contributed by atoms with Gasteiger partial charge in [0.2, 0.25) is 5.91 Å². The first kappa shape index (κ1) is 33.2. The highest BCUT2D eigenvalue weighted by molar-refractivity contribution is 9.10. The van der Waals surface area contributed by atoms with E-state index in [0.29, 0.717) is 37.5 Å². The molecule has 47 heavy (non-hydrogen) atoms. The van der Waals surface area contributed by atoms with E-state index >= 15 is 0 Å². The fourth-order valence-corrected chi connectivity index (χ4v) is 5.97. The summed E-state index contributed by atoms with van der Waals surface area (Å²) in [5, 5.41) is 7.55. The molecule has 0 fully saturated rings. The Morgan fingerprint density at radius 3 is 2.23 bits per heavy atom. The topological polar surface area (TPSA) is 96.5 Å². The van der Waals surface area contributed by atoms with E-state index in [2.05, 4.69) is 31.9 Å². The molecule has 1 atom stereocenters. The molecule has 5 aromatic carbocycles. The SMILES string of the molecule is COc1ccccc1/C=C(/NC(=O)c1ccccc1)C(=O)Nc1cccc(SC(C(=O)Nc2ccc(Br)cc2F)c2ccccc2)c1. The van der Waals surface area contributed by atoms with Gasteiger partial charge in [0.1, 0.15) is 22.5 Å². The van der Waals surface area contributed by atoms with Gasteiger partial charge in [0.05, 0.1) is 12.8 Å².